The number of morpholine rings is 1. The first-order valence-electron chi connectivity index (χ1n) is 6.19. The summed E-state index contributed by atoms with van der Waals surface area (Å²) < 4.78 is 6.07. The van der Waals surface area contributed by atoms with Crippen LogP contribution in [0.2, 0.25) is 0 Å². The summed E-state index contributed by atoms with van der Waals surface area (Å²) in [6, 6.07) is 0.625. The molecule has 1 aliphatic carbocycles. The highest BCUT2D eigenvalue weighted by atomic mass is 16.5. The summed E-state index contributed by atoms with van der Waals surface area (Å²) in [5, 5.41) is 3.69. The van der Waals surface area contributed by atoms with E-state index in [0.717, 1.165) is 31.9 Å². The number of rotatable bonds is 3. The predicted octanol–water partition coefficient (Wildman–Crippen LogP) is 2.33. The zero-order chi connectivity index (χ0) is 10.0. The van der Waals surface area contributed by atoms with Crippen molar-refractivity contribution < 1.29 is 4.74 Å². The van der Waals surface area contributed by atoms with E-state index in [1.807, 2.05) is 0 Å². The average Bonchev–Trinajstić information content (AvgIpc) is 2.17. The SMILES string of the molecule is CCC1(CC)OCCNC1C1CCC1. The molecule has 1 N–H and O–H groups in total. The van der Waals surface area contributed by atoms with Crippen LogP contribution in [-0.4, -0.2) is 24.8 Å². The molecule has 0 aromatic carbocycles. The number of ether oxygens (including phenoxy) is 1. The summed E-state index contributed by atoms with van der Waals surface area (Å²) >= 11 is 0. The number of hydrogen-bond acceptors (Lipinski definition) is 2. The van der Waals surface area contributed by atoms with Crippen LogP contribution in [0, 0.1) is 5.92 Å². The van der Waals surface area contributed by atoms with E-state index in [0.29, 0.717) is 6.04 Å². The Balaban J connectivity index is 2.08. The highest BCUT2D eigenvalue weighted by molar-refractivity contribution is 4.99. The van der Waals surface area contributed by atoms with Gasteiger partial charge < -0.3 is 10.1 Å². The molecule has 1 saturated carbocycles. The van der Waals surface area contributed by atoms with Gasteiger partial charge in [0.1, 0.15) is 0 Å². The summed E-state index contributed by atoms with van der Waals surface area (Å²) in [7, 11) is 0. The fraction of sp³-hybridized carbons (Fsp3) is 1.00. The first-order chi connectivity index (χ1) is 6.82. The number of hydrogen-bond donors (Lipinski definition) is 1. The molecule has 0 aromatic heterocycles. The Kier molecular flexibility index (Phi) is 3.13. The molecule has 1 aliphatic heterocycles. The highest BCUT2D eigenvalue weighted by Gasteiger charge is 2.44. The van der Waals surface area contributed by atoms with E-state index in [1.165, 1.54) is 19.3 Å². The van der Waals surface area contributed by atoms with Gasteiger partial charge in [-0.2, -0.15) is 0 Å². The van der Waals surface area contributed by atoms with Crippen LogP contribution in [0.5, 0.6) is 0 Å². The van der Waals surface area contributed by atoms with Crippen molar-refractivity contribution >= 4 is 0 Å². The van der Waals surface area contributed by atoms with Gasteiger partial charge in [0.15, 0.2) is 0 Å². The quantitative estimate of drug-likeness (QED) is 0.750. The van der Waals surface area contributed by atoms with Crippen molar-refractivity contribution in [3.63, 3.8) is 0 Å². The maximum atomic E-state index is 6.07. The molecular weight excluding hydrogens is 174 g/mol. The molecular formula is C12H23NO. The molecule has 2 nitrogen and oxygen atoms in total. The van der Waals surface area contributed by atoms with Crippen molar-refractivity contribution in [2.45, 2.75) is 57.6 Å². The van der Waals surface area contributed by atoms with E-state index in [4.69, 9.17) is 4.74 Å². The normalized spacial score (nSPS) is 32.6. The van der Waals surface area contributed by atoms with Gasteiger partial charge in [0, 0.05) is 12.6 Å². The molecule has 2 heteroatoms. The van der Waals surface area contributed by atoms with Crippen LogP contribution >= 0.6 is 0 Å². The predicted molar refractivity (Wildman–Crippen MR) is 58.4 cm³/mol. The summed E-state index contributed by atoms with van der Waals surface area (Å²) in [6.45, 7) is 6.47. The van der Waals surface area contributed by atoms with Crippen LogP contribution in [-0.2, 0) is 4.74 Å². The molecule has 0 aromatic rings. The summed E-state index contributed by atoms with van der Waals surface area (Å²) in [4.78, 5) is 0. The Morgan fingerprint density at radius 2 is 2.00 bits per heavy atom. The second-order valence-electron chi connectivity index (χ2n) is 4.74. The monoisotopic (exact) mass is 197 g/mol. The van der Waals surface area contributed by atoms with E-state index in [9.17, 15) is 0 Å². The van der Waals surface area contributed by atoms with Crippen LogP contribution < -0.4 is 5.32 Å². The third-order valence-corrected chi connectivity index (χ3v) is 4.24. The summed E-state index contributed by atoms with van der Waals surface area (Å²) in [5.74, 6) is 0.884. The number of nitrogens with one attached hydrogen (secondary N) is 1. The van der Waals surface area contributed by atoms with Crippen LogP contribution in [0.4, 0.5) is 0 Å². The molecule has 0 radical (unpaired) electrons. The zero-order valence-electron chi connectivity index (χ0n) is 9.51. The molecule has 2 fully saturated rings. The van der Waals surface area contributed by atoms with Crippen LogP contribution in [0.25, 0.3) is 0 Å². The molecule has 82 valence electrons. The van der Waals surface area contributed by atoms with Crippen molar-refractivity contribution in [3.8, 4) is 0 Å². The molecule has 0 bridgehead atoms. The minimum Gasteiger partial charge on any atom is -0.372 e. The van der Waals surface area contributed by atoms with Gasteiger partial charge in [0.2, 0.25) is 0 Å². The standard InChI is InChI=1S/C12H23NO/c1-3-12(4-2)11(10-6-5-7-10)13-8-9-14-12/h10-11,13H,3-9H2,1-2H3. The van der Waals surface area contributed by atoms with E-state index in [2.05, 4.69) is 19.2 Å². The van der Waals surface area contributed by atoms with Gasteiger partial charge >= 0.3 is 0 Å². The molecule has 14 heavy (non-hydrogen) atoms. The lowest BCUT2D eigenvalue weighted by Crippen LogP contribution is -2.61. The smallest absolute Gasteiger partial charge is 0.0832 e. The maximum absolute atomic E-state index is 6.07. The molecule has 1 heterocycles. The molecule has 1 atom stereocenters. The van der Waals surface area contributed by atoms with E-state index in [-0.39, 0.29) is 5.60 Å². The fourth-order valence-corrected chi connectivity index (χ4v) is 3.01. The Hall–Kier alpha value is -0.0800. The summed E-state index contributed by atoms with van der Waals surface area (Å²) in [6.07, 6.45) is 6.53. The first-order valence-corrected chi connectivity index (χ1v) is 6.19. The van der Waals surface area contributed by atoms with Crippen LogP contribution in [0.15, 0.2) is 0 Å². The topological polar surface area (TPSA) is 21.3 Å². The second-order valence-corrected chi connectivity index (χ2v) is 4.74. The lowest BCUT2D eigenvalue weighted by Gasteiger charge is -2.49. The van der Waals surface area contributed by atoms with Crippen molar-refractivity contribution in [1.29, 1.82) is 0 Å². The Bertz CT molecular complexity index is 185. The molecule has 2 rings (SSSR count). The van der Waals surface area contributed by atoms with Crippen molar-refractivity contribution in [1.82, 2.24) is 5.32 Å². The van der Waals surface area contributed by atoms with E-state index >= 15 is 0 Å². The molecule has 0 spiro atoms. The van der Waals surface area contributed by atoms with Gasteiger partial charge in [-0.3, -0.25) is 0 Å². The van der Waals surface area contributed by atoms with Gasteiger partial charge in [-0.1, -0.05) is 20.3 Å². The van der Waals surface area contributed by atoms with Crippen molar-refractivity contribution in [2.24, 2.45) is 5.92 Å². The molecule has 0 amide bonds. The maximum Gasteiger partial charge on any atom is 0.0832 e. The average molecular weight is 197 g/mol. The third kappa shape index (κ3) is 1.59. The minimum atomic E-state index is 0.142. The third-order valence-electron chi connectivity index (χ3n) is 4.24. The Morgan fingerprint density at radius 3 is 2.50 bits per heavy atom. The van der Waals surface area contributed by atoms with Gasteiger partial charge in [-0.15, -0.1) is 0 Å². The Labute approximate surface area is 87.4 Å². The zero-order valence-corrected chi connectivity index (χ0v) is 9.51. The van der Waals surface area contributed by atoms with Crippen LogP contribution in [0.1, 0.15) is 46.0 Å². The first kappa shape index (κ1) is 10.4. The molecule has 1 unspecified atom stereocenters. The van der Waals surface area contributed by atoms with Crippen LogP contribution in [0.3, 0.4) is 0 Å². The highest BCUT2D eigenvalue weighted by Crippen LogP contribution is 2.39. The van der Waals surface area contributed by atoms with Gasteiger partial charge in [-0.05, 0) is 31.6 Å². The minimum absolute atomic E-state index is 0.142. The van der Waals surface area contributed by atoms with Crippen molar-refractivity contribution in [3.05, 3.63) is 0 Å². The van der Waals surface area contributed by atoms with Gasteiger partial charge in [-0.25, -0.2) is 0 Å². The van der Waals surface area contributed by atoms with Gasteiger partial charge in [0.05, 0.1) is 12.2 Å². The Morgan fingerprint density at radius 1 is 1.29 bits per heavy atom. The molecule has 1 saturated heterocycles. The lowest BCUT2D eigenvalue weighted by atomic mass is 9.70. The van der Waals surface area contributed by atoms with E-state index in [1.54, 1.807) is 0 Å². The molecule has 2 aliphatic rings. The lowest BCUT2D eigenvalue weighted by molar-refractivity contribution is -0.123. The second kappa shape index (κ2) is 4.19. The fourth-order valence-electron chi connectivity index (χ4n) is 3.01. The van der Waals surface area contributed by atoms with Crippen molar-refractivity contribution in [2.75, 3.05) is 13.2 Å². The summed E-state index contributed by atoms with van der Waals surface area (Å²) in [5.41, 5.74) is 0.142. The largest absolute Gasteiger partial charge is 0.372 e. The van der Waals surface area contributed by atoms with E-state index < -0.39 is 0 Å². The van der Waals surface area contributed by atoms with Gasteiger partial charge in [0.25, 0.3) is 0 Å².